The number of aldehydes is 1. The maximum absolute atomic E-state index is 10.6. The molecular formula is C16H15BrO4. The number of benzene rings is 2. The second kappa shape index (κ2) is 7.69. The van der Waals surface area contributed by atoms with E-state index in [2.05, 4.69) is 15.9 Å². The maximum atomic E-state index is 10.6. The Labute approximate surface area is 131 Å². The molecule has 0 aliphatic rings. The van der Waals surface area contributed by atoms with Gasteiger partial charge >= 0.3 is 0 Å². The summed E-state index contributed by atoms with van der Waals surface area (Å²) in [6, 6.07) is 12.6. The quantitative estimate of drug-likeness (QED) is 0.563. The molecule has 0 spiro atoms. The Hall–Kier alpha value is -2.01. The number of methoxy groups -OCH3 is 1. The van der Waals surface area contributed by atoms with Crippen LogP contribution in [0.1, 0.15) is 10.4 Å². The van der Waals surface area contributed by atoms with Crippen LogP contribution in [0, 0.1) is 0 Å². The first-order chi connectivity index (χ1) is 10.2. The van der Waals surface area contributed by atoms with E-state index in [0.29, 0.717) is 24.5 Å². The summed E-state index contributed by atoms with van der Waals surface area (Å²) in [6.07, 6.45) is 0.792. The fourth-order valence-electron chi connectivity index (χ4n) is 1.71. The summed E-state index contributed by atoms with van der Waals surface area (Å²) in [6.45, 7) is 0.811. The molecule has 2 rings (SSSR count). The molecule has 2 aromatic rings. The minimum absolute atomic E-state index is 0.399. The lowest BCUT2D eigenvalue weighted by molar-refractivity contribution is 0.112. The van der Waals surface area contributed by atoms with Crippen LogP contribution in [0.3, 0.4) is 0 Å². The number of hydrogen-bond acceptors (Lipinski definition) is 4. The van der Waals surface area contributed by atoms with E-state index >= 15 is 0 Å². The predicted octanol–water partition coefficient (Wildman–Crippen LogP) is 3.73. The molecule has 0 aromatic heterocycles. The fourth-order valence-corrected chi connectivity index (χ4v) is 2.22. The van der Waals surface area contributed by atoms with Gasteiger partial charge in [0.2, 0.25) is 0 Å². The molecule has 5 heteroatoms. The third kappa shape index (κ3) is 4.49. The van der Waals surface area contributed by atoms with Gasteiger partial charge in [0.15, 0.2) is 0 Å². The van der Waals surface area contributed by atoms with Crippen LogP contribution in [0.2, 0.25) is 0 Å². The van der Waals surface area contributed by atoms with E-state index in [1.54, 1.807) is 25.3 Å². The Kier molecular flexibility index (Phi) is 5.63. The van der Waals surface area contributed by atoms with Crippen molar-refractivity contribution in [1.82, 2.24) is 0 Å². The van der Waals surface area contributed by atoms with Crippen LogP contribution >= 0.6 is 15.9 Å². The number of carbonyl (C=O) groups excluding carboxylic acids is 1. The molecule has 0 heterocycles. The van der Waals surface area contributed by atoms with Crippen LogP contribution in [0.5, 0.6) is 17.2 Å². The normalized spacial score (nSPS) is 10.0. The zero-order chi connectivity index (χ0) is 15.1. The Morgan fingerprint density at radius 3 is 2.52 bits per heavy atom. The first-order valence-corrected chi connectivity index (χ1v) is 7.16. The smallest absolute Gasteiger partial charge is 0.150 e. The maximum Gasteiger partial charge on any atom is 0.150 e. The Morgan fingerprint density at radius 2 is 1.81 bits per heavy atom. The van der Waals surface area contributed by atoms with Crippen molar-refractivity contribution in [2.75, 3.05) is 20.3 Å². The van der Waals surface area contributed by atoms with Gasteiger partial charge < -0.3 is 14.2 Å². The van der Waals surface area contributed by atoms with Crippen molar-refractivity contribution in [2.45, 2.75) is 0 Å². The van der Waals surface area contributed by atoms with E-state index in [-0.39, 0.29) is 0 Å². The van der Waals surface area contributed by atoms with Crippen molar-refractivity contribution >= 4 is 22.2 Å². The predicted molar refractivity (Wildman–Crippen MR) is 83.5 cm³/mol. The van der Waals surface area contributed by atoms with E-state index < -0.39 is 0 Å². The number of rotatable bonds is 7. The zero-order valence-electron chi connectivity index (χ0n) is 11.5. The van der Waals surface area contributed by atoms with Gasteiger partial charge in [-0.15, -0.1) is 0 Å². The fraction of sp³-hybridized carbons (Fsp3) is 0.188. The van der Waals surface area contributed by atoms with Gasteiger partial charge in [-0.25, -0.2) is 0 Å². The molecule has 2 aromatic carbocycles. The topological polar surface area (TPSA) is 44.8 Å². The van der Waals surface area contributed by atoms with Crippen molar-refractivity contribution in [2.24, 2.45) is 0 Å². The molecule has 0 aliphatic heterocycles. The lowest BCUT2D eigenvalue weighted by atomic mass is 10.2. The molecule has 0 radical (unpaired) electrons. The molecule has 21 heavy (non-hydrogen) atoms. The molecule has 0 saturated heterocycles. The van der Waals surface area contributed by atoms with Crippen LogP contribution in [-0.4, -0.2) is 26.6 Å². The lowest BCUT2D eigenvalue weighted by Gasteiger charge is -2.10. The van der Waals surface area contributed by atoms with Crippen molar-refractivity contribution in [1.29, 1.82) is 0 Å². The molecule has 0 bridgehead atoms. The highest BCUT2D eigenvalue weighted by atomic mass is 79.9. The van der Waals surface area contributed by atoms with Gasteiger partial charge in [0.05, 0.1) is 11.6 Å². The monoisotopic (exact) mass is 350 g/mol. The summed E-state index contributed by atoms with van der Waals surface area (Å²) in [7, 11) is 1.61. The average Bonchev–Trinajstić information content (AvgIpc) is 2.52. The summed E-state index contributed by atoms with van der Waals surface area (Å²) < 4.78 is 17.0. The standard InChI is InChI=1S/C16H15BrO4/c1-19-13-3-2-4-14(10-13)20-7-8-21-16-6-5-12(11-18)9-15(16)17/h2-6,9-11H,7-8H2,1H3. The molecule has 0 saturated carbocycles. The average molecular weight is 351 g/mol. The van der Waals surface area contributed by atoms with Gasteiger partial charge in [0, 0.05) is 11.6 Å². The Morgan fingerprint density at radius 1 is 1.05 bits per heavy atom. The van der Waals surface area contributed by atoms with Crippen molar-refractivity contribution in [3.05, 3.63) is 52.5 Å². The minimum atomic E-state index is 0.399. The Bertz CT molecular complexity index is 613. The molecule has 0 N–H and O–H groups in total. The molecular weight excluding hydrogens is 336 g/mol. The summed E-state index contributed by atoms with van der Waals surface area (Å²) in [5.74, 6) is 2.16. The van der Waals surface area contributed by atoms with Crippen LogP contribution in [0.4, 0.5) is 0 Å². The van der Waals surface area contributed by atoms with E-state index in [0.717, 1.165) is 22.3 Å². The summed E-state index contributed by atoms with van der Waals surface area (Å²) in [4.78, 5) is 10.6. The van der Waals surface area contributed by atoms with Crippen LogP contribution in [0.15, 0.2) is 46.9 Å². The highest BCUT2D eigenvalue weighted by molar-refractivity contribution is 9.10. The third-order valence-electron chi connectivity index (χ3n) is 2.74. The number of halogens is 1. The van der Waals surface area contributed by atoms with Crippen molar-refractivity contribution in [3.8, 4) is 17.2 Å². The van der Waals surface area contributed by atoms with E-state index in [4.69, 9.17) is 14.2 Å². The van der Waals surface area contributed by atoms with Gasteiger partial charge in [-0.2, -0.15) is 0 Å². The lowest BCUT2D eigenvalue weighted by Crippen LogP contribution is -2.09. The molecule has 0 atom stereocenters. The molecule has 0 fully saturated rings. The second-order valence-electron chi connectivity index (χ2n) is 4.18. The first-order valence-electron chi connectivity index (χ1n) is 6.37. The van der Waals surface area contributed by atoms with Gasteiger partial charge in [0.1, 0.15) is 36.7 Å². The van der Waals surface area contributed by atoms with Crippen LogP contribution in [-0.2, 0) is 0 Å². The highest BCUT2D eigenvalue weighted by Crippen LogP contribution is 2.25. The van der Waals surface area contributed by atoms with E-state index in [1.807, 2.05) is 24.3 Å². The van der Waals surface area contributed by atoms with Crippen LogP contribution in [0.25, 0.3) is 0 Å². The van der Waals surface area contributed by atoms with Crippen molar-refractivity contribution in [3.63, 3.8) is 0 Å². The minimum Gasteiger partial charge on any atom is -0.497 e. The van der Waals surface area contributed by atoms with Crippen LogP contribution < -0.4 is 14.2 Å². The largest absolute Gasteiger partial charge is 0.497 e. The SMILES string of the molecule is COc1cccc(OCCOc2ccc(C=O)cc2Br)c1. The summed E-state index contributed by atoms with van der Waals surface area (Å²) >= 11 is 3.36. The molecule has 0 unspecified atom stereocenters. The van der Waals surface area contributed by atoms with Gasteiger partial charge in [-0.05, 0) is 46.3 Å². The van der Waals surface area contributed by atoms with Gasteiger partial charge in [-0.1, -0.05) is 6.07 Å². The highest BCUT2D eigenvalue weighted by Gasteiger charge is 2.03. The number of hydrogen-bond donors (Lipinski definition) is 0. The number of ether oxygens (including phenoxy) is 3. The molecule has 110 valence electrons. The summed E-state index contributed by atoms with van der Waals surface area (Å²) in [5, 5.41) is 0. The molecule has 0 aliphatic carbocycles. The second-order valence-corrected chi connectivity index (χ2v) is 5.04. The third-order valence-corrected chi connectivity index (χ3v) is 3.36. The molecule has 0 amide bonds. The van der Waals surface area contributed by atoms with Gasteiger partial charge in [-0.3, -0.25) is 4.79 Å². The molecule has 4 nitrogen and oxygen atoms in total. The number of carbonyl (C=O) groups is 1. The summed E-state index contributed by atoms with van der Waals surface area (Å²) in [5.41, 5.74) is 0.599. The van der Waals surface area contributed by atoms with E-state index in [9.17, 15) is 4.79 Å². The van der Waals surface area contributed by atoms with Gasteiger partial charge in [0.25, 0.3) is 0 Å². The van der Waals surface area contributed by atoms with Crippen molar-refractivity contribution < 1.29 is 19.0 Å². The zero-order valence-corrected chi connectivity index (χ0v) is 13.1. The Balaban J connectivity index is 1.83. The van der Waals surface area contributed by atoms with E-state index in [1.165, 1.54) is 0 Å². The first kappa shape index (κ1) is 15.4.